The zero-order valence-electron chi connectivity index (χ0n) is 10.8. The molecule has 2 aromatic rings. The number of hydrogen-bond donors (Lipinski definition) is 1. The smallest absolute Gasteiger partial charge is 0.208 e. The lowest BCUT2D eigenvalue weighted by atomic mass is 10.3. The van der Waals surface area contributed by atoms with Gasteiger partial charge in [-0.05, 0) is 12.1 Å². The molecule has 0 aliphatic rings. The summed E-state index contributed by atoms with van der Waals surface area (Å²) >= 11 is 9.36. The Morgan fingerprint density at radius 3 is 2.79 bits per heavy atom. The van der Waals surface area contributed by atoms with Gasteiger partial charge in [0.05, 0.1) is 10.7 Å². The number of nitrogens with zero attached hydrogens (tertiary/aromatic N) is 3. The van der Waals surface area contributed by atoms with Crippen LogP contribution in [0.4, 0.5) is 10.8 Å². The van der Waals surface area contributed by atoms with Gasteiger partial charge in [-0.25, -0.2) is 0 Å². The van der Waals surface area contributed by atoms with Crippen LogP contribution in [0.1, 0.15) is 0 Å². The number of benzene rings is 1. The van der Waals surface area contributed by atoms with E-state index in [4.69, 9.17) is 11.6 Å². The average Bonchev–Trinajstić information content (AvgIpc) is 2.85. The lowest BCUT2D eigenvalue weighted by Gasteiger charge is -2.06. The second-order valence-electron chi connectivity index (χ2n) is 4.00. The van der Waals surface area contributed by atoms with Crippen LogP contribution < -0.4 is 10.2 Å². The maximum absolute atomic E-state index is 6.06. The van der Waals surface area contributed by atoms with E-state index in [-0.39, 0.29) is 0 Å². The lowest BCUT2D eigenvalue weighted by molar-refractivity contribution is 0.972. The van der Waals surface area contributed by atoms with Gasteiger partial charge in [-0.15, -0.1) is 10.2 Å². The maximum atomic E-state index is 6.06. The van der Waals surface area contributed by atoms with E-state index in [1.165, 1.54) is 0 Å². The fraction of sp³-hybridized carbons (Fsp3) is 0.333. The molecule has 0 amide bonds. The topological polar surface area (TPSA) is 41.1 Å². The zero-order chi connectivity index (χ0) is 13.7. The van der Waals surface area contributed by atoms with Gasteiger partial charge in [0.25, 0.3) is 0 Å². The van der Waals surface area contributed by atoms with Crippen LogP contribution in [0.2, 0.25) is 5.02 Å². The minimum atomic E-state index is 0.748. The standard InChI is InChI=1S/C12H15ClN4S2/c1-17(2)11-15-16-12(19-11)18-8-7-14-10-6-4-3-5-9(10)13/h3-6,14H,7-8H2,1-2H3. The van der Waals surface area contributed by atoms with Crippen LogP contribution in [0.15, 0.2) is 28.6 Å². The summed E-state index contributed by atoms with van der Waals surface area (Å²) in [4.78, 5) is 1.96. The molecule has 0 spiro atoms. The Morgan fingerprint density at radius 2 is 2.11 bits per heavy atom. The Hall–Kier alpha value is -0.980. The van der Waals surface area contributed by atoms with E-state index in [0.29, 0.717) is 0 Å². The highest BCUT2D eigenvalue weighted by atomic mass is 35.5. The van der Waals surface area contributed by atoms with Crippen LogP contribution in [0.25, 0.3) is 0 Å². The second-order valence-corrected chi connectivity index (χ2v) is 6.71. The number of thioether (sulfide) groups is 1. The minimum absolute atomic E-state index is 0.748. The molecule has 0 unspecified atom stereocenters. The highest BCUT2D eigenvalue weighted by Gasteiger charge is 2.05. The Labute approximate surface area is 126 Å². The van der Waals surface area contributed by atoms with Crippen molar-refractivity contribution >= 4 is 45.5 Å². The van der Waals surface area contributed by atoms with Gasteiger partial charge in [-0.1, -0.05) is 46.8 Å². The Kier molecular flexibility index (Phi) is 5.30. The molecule has 0 aliphatic heterocycles. The summed E-state index contributed by atoms with van der Waals surface area (Å²) in [6.45, 7) is 0.839. The van der Waals surface area contributed by atoms with Crippen molar-refractivity contribution in [2.75, 3.05) is 36.6 Å². The van der Waals surface area contributed by atoms with E-state index in [1.807, 2.05) is 43.3 Å². The van der Waals surface area contributed by atoms with E-state index >= 15 is 0 Å². The van der Waals surface area contributed by atoms with Crippen molar-refractivity contribution < 1.29 is 0 Å². The minimum Gasteiger partial charge on any atom is -0.383 e. The van der Waals surface area contributed by atoms with Gasteiger partial charge in [0.15, 0.2) is 4.34 Å². The molecule has 0 bridgehead atoms. The summed E-state index contributed by atoms with van der Waals surface area (Å²) in [6, 6.07) is 7.75. The van der Waals surface area contributed by atoms with Crippen molar-refractivity contribution in [3.63, 3.8) is 0 Å². The quantitative estimate of drug-likeness (QED) is 0.653. The number of para-hydroxylation sites is 1. The van der Waals surface area contributed by atoms with Crippen LogP contribution in [-0.4, -0.2) is 36.6 Å². The molecule has 0 saturated carbocycles. The van der Waals surface area contributed by atoms with Crippen molar-refractivity contribution in [1.82, 2.24) is 10.2 Å². The normalized spacial score (nSPS) is 10.5. The fourth-order valence-corrected chi connectivity index (χ4v) is 3.26. The number of anilines is 2. The molecule has 0 saturated heterocycles. The number of aromatic nitrogens is 2. The van der Waals surface area contributed by atoms with Crippen molar-refractivity contribution in [2.45, 2.75) is 4.34 Å². The van der Waals surface area contributed by atoms with Crippen LogP contribution in [-0.2, 0) is 0 Å². The largest absolute Gasteiger partial charge is 0.383 e. The number of nitrogens with one attached hydrogen (secondary N) is 1. The summed E-state index contributed by atoms with van der Waals surface area (Å²) in [6.07, 6.45) is 0. The van der Waals surface area contributed by atoms with Crippen molar-refractivity contribution in [3.8, 4) is 0 Å². The van der Waals surface area contributed by atoms with Crippen molar-refractivity contribution in [3.05, 3.63) is 29.3 Å². The Morgan fingerprint density at radius 1 is 1.32 bits per heavy atom. The van der Waals surface area contributed by atoms with Gasteiger partial charge in [-0.2, -0.15) is 0 Å². The van der Waals surface area contributed by atoms with E-state index < -0.39 is 0 Å². The first-order valence-electron chi connectivity index (χ1n) is 5.79. The molecule has 0 aliphatic carbocycles. The van der Waals surface area contributed by atoms with Gasteiger partial charge in [0.2, 0.25) is 5.13 Å². The molecule has 102 valence electrons. The maximum Gasteiger partial charge on any atom is 0.208 e. The van der Waals surface area contributed by atoms with Gasteiger partial charge < -0.3 is 10.2 Å². The van der Waals surface area contributed by atoms with Gasteiger partial charge >= 0.3 is 0 Å². The van der Waals surface area contributed by atoms with Crippen LogP contribution >= 0.6 is 34.7 Å². The first kappa shape index (κ1) is 14.4. The number of rotatable bonds is 6. The van der Waals surface area contributed by atoms with Crippen LogP contribution in [0.5, 0.6) is 0 Å². The summed E-state index contributed by atoms with van der Waals surface area (Å²) in [7, 11) is 3.93. The molecule has 1 aromatic carbocycles. The van der Waals surface area contributed by atoms with Crippen LogP contribution in [0, 0.1) is 0 Å². The summed E-state index contributed by atoms with van der Waals surface area (Å²) in [5.41, 5.74) is 0.969. The summed E-state index contributed by atoms with van der Waals surface area (Å²) in [5.74, 6) is 0.924. The Bertz CT molecular complexity index is 530. The summed E-state index contributed by atoms with van der Waals surface area (Å²) < 4.78 is 0.990. The molecule has 0 radical (unpaired) electrons. The molecule has 1 aromatic heterocycles. The number of hydrogen-bond acceptors (Lipinski definition) is 6. The first-order valence-corrected chi connectivity index (χ1v) is 7.97. The average molecular weight is 315 g/mol. The SMILES string of the molecule is CN(C)c1nnc(SCCNc2ccccc2Cl)s1. The fourth-order valence-electron chi connectivity index (χ4n) is 1.37. The predicted molar refractivity (Wildman–Crippen MR) is 84.9 cm³/mol. The predicted octanol–water partition coefficient (Wildman–Crippen LogP) is 3.46. The highest BCUT2D eigenvalue weighted by molar-refractivity contribution is 8.01. The van der Waals surface area contributed by atoms with E-state index in [1.54, 1.807) is 23.1 Å². The van der Waals surface area contributed by atoms with E-state index in [9.17, 15) is 0 Å². The highest BCUT2D eigenvalue weighted by Crippen LogP contribution is 2.27. The third-order valence-corrected chi connectivity index (χ3v) is 4.85. The molecule has 1 N–H and O–H groups in total. The molecule has 1 heterocycles. The molecule has 2 rings (SSSR count). The lowest BCUT2D eigenvalue weighted by Crippen LogP contribution is -2.07. The third kappa shape index (κ3) is 4.26. The Balaban J connectivity index is 1.76. The molecular weight excluding hydrogens is 300 g/mol. The monoisotopic (exact) mass is 314 g/mol. The molecule has 0 atom stereocenters. The third-order valence-electron chi connectivity index (χ3n) is 2.30. The number of halogens is 1. The van der Waals surface area contributed by atoms with E-state index in [0.717, 1.165) is 32.5 Å². The van der Waals surface area contributed by atoms with Crippen molar-refractivity contribution in [2.24, 2.45) is 0 Å². The van der Waals surface area contributed by atoms with Crippen molar-refractivity contribution in [1.29, 1.82) is 0 Å². The molecule has 4 nitrogen and oxygen atoms in total. The summed E-state index contributed by atoms with van der Waals surface area (Å²) in [5, 5.41) is 13.2. The molecular formula is C12H15ClN4S2. The molecule has 0 fully saturated rings. The van der Waals surface area contributed by atoms with Gasteiger partial charge in [0, 0.05) is 26.4 Å². The first-order chi connectivity index (χ1) is 9.16. The van der Waals surface area contributed by atoms with Gasteiger partial charge in [-0.3, -0.25) is 0 Å². The zero-order valence-corrected chi connectivity index (χ0v) is 13.1. The molecule has 19 heavy (non-hydrogen) atoms. The second kappa shape index (κ2) is 6.98. The van der Waals surface area contributed by atoms with Gasteiger partial charge in [0.1, 0.15) is 0 Å². The van der Waals surface area contributed by atoms with Crippen LogP contribution in [0.3, 0.4) is 0 Å². The van der Waals surface area contributed by atoms with E-state index in [2.05, 4.69) is 15.5 Å². The molecule has 7 heteroatoms.